The summed E-state index contributed by atoms with van der Waals surface area (Å²) in [4.78, 5) is 7.79. The molecule has 3 heteroatoms. The average Bonchev–Trinajstić information content (AvgIpc) is 3.43. The van der Waals surface area contributed by atoms with E-state index in [1.165, 1.54) is 58.9 Å². The van der Waals surface area contributed by atoms with Crippen molar-refractivity contribution in [1.82, 2.24) is 4.98 Å². The van der Waals surface area contributed by atoms with E-state index in [9.17, 15) is 0 Å². The lowest BCUT2D eigenvalue weighted by molar-refractivity contribution is 0.596. The van der Waals surface area contributed by atoms with Crippen molar-refractivity contribution in [1.29, 1.82) is 0 Å². The van der Waals surface area contributed by atoms with E-state index >= 15 is 0 Å². The van der Waals surface area contributed by atoms with E-state index in [0.717, 1.165) is 16.9 Å². The van der Waals surface area contributed by atoms with Gasteiger partial charge in [0.2, 0.25) is 0 Å². The number of hydrogen-bond acceptors (Lipinski definition) is 3. The number of thiophene rings is 2. The van der Waals surface area contributed by atoms with E-state index in [4.69, 9.17) is 4.98 Å². The average molecular weight is 520 g/mol. The normalized spacial score (nSPS) is 12.4. The molecule has 0 atom stereocenters. The molecule has 3 aromatic heterocycles. The Balaban J connectivity index is 1.56. The first kappa shape index (κ1) is 24.3. The van der Waals surface area contributed by atoms with Gasteiger partial charge in [0.05, 0.1) is 5.69 Å². The number of nitrogens with zero attached hydrogens (tertiary/aromatic N) is 1. The van der Waals surface area contributed by atoms with Crippen molar-refractivity contribution in [3.63, 3.8) is 0 Å². The first-order valence-corrected chi connectivity index (χ1v) is 14.8. The van der Waals surface area contributed by atoms with E-state index in [0.29, 0.717) is 5.92 Å². The van der Waals surface area contributed by atoms with Crippen LogP contribution in [-0.2, 0) is 11.8 Å². The standard InChI is InChI=1S/C34H33NS2/c1-20(2)13-26-15-24-12-11-23(17-31(24)37-26)28-18-30(35-33-32(28)21(3)19-36-33)25-14-22-9-7-8-10-27(22)29(16-25)34(4,5)6/h7-12,14-20H,13H2,1-6H3. The molecule has 0 spiro atoms. The molecule has 0 fully saturated rings. The number of hydrogen-bond donors (Lipinski definition) is 0. The van der Waals surface area contributed by atoms with Crippen LogP contribution in [0.15, 0.2) is 72.1 Å². The Bertz CT molecular complexity index is 1780. The molecule has 0 radical (unpaired) electrons. The van der Waals surface area contributed by atoms with Crippen molar-refractivity contribution < 1.29 is 0 Å². The lowest BCUT2D eigenvalue weighted by Crippen LogP contribution is -2.12. The third-order valence-corrected chi connectivity index (χ3v) is 9.30. The Labute approximate surface area is 227 Å². The molecule has 0 amide bonds. The highest BCUT2D eigenvalue weighted by molar-refractivity contribution is 7.19. The zero-order valence-corrected chi connectivity index (χ0v) is 24.1. The van der Waals surface area contributed by atoms with Gasteiger partial charge in [-0.2, -0.15) is 0 Å². The molecule has 6 rings (SSSR count). The summed E-state index contributed by atoms with van der Waals surface area (Å²) in [5, 5.41) is 7.47. The van der Waals surface area contributed by atoms with Gasteiger partial charge in [-0.25, -0.2) is 4.98 Å². The molecule has 3 heterocycles. The van der Waals surface area contributed by atoms with Crippen molar-refractivity contribution >= 4 is 53.7 Å². The zero-order valence-electron chi connectivity index (χ0n) is 22.5. The van der Waals surface area contributed by atoms with Gasteiger partial charge in [0.25, 0.3) is 0 Å². The first-order valence-electron chi connectivity index (χ1n) is 13.1. The lowest BCUT2D eigenvalue weighted by atomic mass is 9.82. The van der Waals surface area contributed by atoms with Gasteiger partial charge < -0.3 is 0 Å². The molecule has 6 aromatic rings. The van der Waals surface area contributed by atoms with Crippen molar-refractivity contribution in [2.75, 3.05) is 0 Å². The molecule has 0 bridgehead atoms. The van der Waals surface area contributed by atoms with Crippen LogP contribution < -0.4 is 0 Å². The largest absolute Gasteiger partial charge is 0.237 e. The van der Waals surface area contributed by atoms with E-state index in [1.807, 2.05) is 11.3 Å². The Morgan fingerprint density at radius 1 is 0.865 bits per heavy atom. The van der Waals surface area contributed by atoms with Crippen LogP contribution in [-0.4, -0.2) is 4.98 Å². The third kappa shape index (κ3) is 4.49. The van der Waals surface area contributed by atoms with Crippen LogP contribution in [0.1, 0.15) is 50.6 Å². The fraction of sp³-hybridized carbons (Fsp3) is 0.265. The van der Waals surface area contributed by atoms with E-state index in [2.05, 4.69) is 114 Å². The summed E-state index contributed by atoms with van der Waals surface area (Å²) < 4.78 is 1.37. The second-order valence-electron chi connectivity index (χ2n) is 11.7. The number of rotatable bonds is 4. The lowest BCUT2D eigenvalue weighted by Gasteiger charge is -2.23. The summed E-state index contributed by atoms with van der Waals surface area (Å²) in [6, 6.07) is 25.1. The summed E-state index contributed by atoms with van der Waals surface area (Å²) in [5.74, 6) is 0.670. The van der Waals surface area contributed by atoms with Crippen LogP contribution in [0.4, 0.5) is 0 Å². The van der Waals surface area contributed by atoms with E-state index < -0.39 is 0 Å². The van der Waals surface area contributed by atoms with Crippen LogP contribution in [0.2, 0.25) is 0 Å². The molecule has 0 aliphatic heterocycles. The predicted octanol–water partition coefficient (Wildman–Crippen LogP) is 10.8. The molecule has 0 aliphatic rings. The maximum atomic E-state index is 5.20. The van der Waals surface area contributed by atoms with Crippen molar-refractivity contribution in [3.8, 4) is 22.4 Å². The van der Waals surface area contributed by atoms with Crippen molar-refractivity contribution in [3.05, 3.63) is 88.1 Å². The van der Waals surface area contributed by atoms with Crippen molar-refractivity contribution in [2.45, 2.75) is 53.4 Å². The molecular formula is C34H33NS2. The van der Waals surface area contributed by atoms with Crippen molar-refractivity contribution in [2.24, 2.45) is 5.92 Å². The summed E-state index contributed by atoms with van der Waals surface area (Å²) in [7, 11) is 0. The minimum atomic E-state index is 0.0416. The van der Waals surface area contributed by atoms with Gasteiger partial charge in [-0.1, -0.05) is 71.0 Å². The minimum Gasteiger partial charge on any atom is -0.237 e. The van der Waals surface area contributed by atoms with Gasteiger partial charge in [-0.05, 0) is 98.8 Å². The molecular weight excluding hydrogens is 487 g/mol. The molecule has 0 unspecified atom stereocenters. The van der Waals surface area contributed by atoms with Gasteiger partial charge in [-0.3, -0.25) is 0 Å². The maximum absolute atomic E-state index is 5.20. The number of aryl methyl sites for hydroxylation is 1. The second kappa shape index (κ2) is 9.08. The highest BCUT2D eigenvalue weighted by Crippen LogP contribution is 2.41. The van der Waals surface area contributed by atoms with Gasteiger partial charge >= 0.3 is 0 Å². The fourth-order valence-corrected chi connectivity index (χ4v) is 7.66. The number of fused-ring (bicyclic) bond motifs is 3. The van der Waals surface area contributed by atoms with E-state index in [1.54, 1.807) is 11.3 Å². The monoisotopic (exact) mass is 519 g/mol. The topological polar surface area (TPSA) is 12.9 Å². The number of aromatic nitrogens is 1. The first-order chi connectivity index (χ1) is 17.7. The summed E-state index contributed by atoms with van der Waals surface area (Å²) in [6.07, 6.45) is 1.14. The van der Waals surface area contributed by atoms with Crippen LogP contribution in [0.25, 0.3) is 53.5 Å². The van der Waals surface area contributed by atoms with Gasteiger partial charge in [-0.15, -0.1) is 22.7 Å². The van der Waals surface area contributed by atoms with Crippen LogP contribution in [0, 0.1) is 12.8 Å². The predicted molar refractivity (Wildman–Crippen MR) is 165 cm³/mol. The van der Waals surface area contributed by atoms with Gasteiger partial charge in [0.15, 0.2) is 0 Å². The molecule has 186 valence electrons. The number of pyridine rings is 1. The molecule has 1 nitrogen and oxygen atoms in total. The van der Waals surface area contributed by atoms with Gasteiger partial charge in [0.1, 0.15) is 4.83 Å². The molecule has 37 heavy (non-hydrogen) atoms. The second-order valence-corrected chi connectivity index (χ2v) is 13.7. The SMILES string of the molecule is Cc1csc2nc(-c3cc(C(C)(C)C)c4ccccc4c3)cc(-c3ccc4cc(CC(C)C)sc4c3)c12. The summed E-state index contributed by atoms with van der Waals surface area (Å²) in [5.41, 5.74) is 7.50. The molecule has 0 saturated heterocycles. The zero-order chi connectivity index (χ0) is 25.9. The highest BCUT2D eigenvalue weighted by Gasteiger charge is 2.20. The van der Waals surface area contributed by atoms with Crippen LogP contribution in [0.3, 0.4) is 0 Å². The Kier molecular flexibility index (Phi) is 5.97. The Morgan fingerprint density at radius 2 is 1.68 bits per heavy atom. The van der Waals surface area contributed by atoms with E-state index in [-0.39, 0.29) is 5.41 Å². The van der Waals surface area contributed by atoms with Gasteiger partial charge in [0, 0.05) is 20.5 Å². The summed E-state index contributed by atoms with van der Waals surface area (Å²) in [6.45, 7) is 13.7. The number of benzene rings is 3. The molecule has 0 saturated carbocycles. The molecule has 3 aromatic carbocycles. The quantitative estimate of drug-likeness (QED) is 0.226. The van der Waals surface area contributed by atoms with Crippen LogP contribution >= 0.6 is 22.7 Å². The Hall–Kier alpha value is -3.01. The Morgan fingerprint density at radius 3 is 2.46 bits per heavy atom. The molecule has 0 aliphatic carbocycles. The minimum absolute atomic E-state index is 0.0416. The smallest absolute Gasteiger partial charge is 0.124 e. The summed E-state index contributed by atoms with van der Waals surface area (Å²) >= 11 is 3.69. The third-order valence-electron chi connectivity index (χ3n) is 7.19. The van der Waals surface area contributed by atoms with Crippen LogP contribution in [0.5, 0.6) is 0 Å². The fourth-order valence-electron chi connectivity index (χ4n) is 5.40. The maximum Gasteiger partial charge on any atom is 0.124 e. The molecule has 0 N–H and O–H groups in total. The highest BCUT2D eigenvalue weighted by atomic mass is 32.1.